The standard InChI is InChI=1S/C13H20FN3O/c1-9(2)17(3)7-6-13(18)16-10-4-5-11(14)12(15)8-10/h4-5,8-9H,6-7,15H2,1-3H3,(H,16,18). The van der Waals surface area contributed by atoms with Gasteiger partial charge in [-0.2, -0.15) is 0 Å². The van der Waals surface area contributed by atoms with Crippen LogP contribution in [0.25, 0.3) is 0 Å². The number of hydrogen-bond acceptors (Lipinski definition) is 3. The Morgan fingerprint density at radius 3 is 2.72 bits per heavy atom. The highest BCUT2D eigenvalue weighted by atomic mass is 19.1. The highest BCUT2D eigenvalue weighted by molar-refractivity contribution is 5.91. The fraction of sp³-hybridized carbons (Fsp3) is 0.462. The molecule has 1 rings (SSSR count). The van der Waals surface area contributed by atoms with E-state index in [1.807, 2.05) is 7.05 Å². The van der Waals surface area contributed by atoms with Crippen LogP contribution in [0.3, 0.4) is 0 Å². The van der Waals surface area contributed by atoms with E-state index in [4.69, 9.17) is 5.73 Å². The van der Waals surface area contributed by atoms with Crippen LogP contribution in [0.5, 0.6) is 0 Å². The minimum atomic E-state index is -0.479. The first-order valence-corrected chi connectivity index (χ1v) is 5.95. The summed E-state index contributed by atoms with van der Waals surface area (Å²) in [6, 6.07) is 4.56. The molecule has 100 valence electrons. The van der Waals surface area contributed by atoms with Crippen molar-refractivity contribution in [1.82, 2.24) is 4.90 Å². The third-order valence-electron chi connectivity index (χ3n) is 2.85. The second kappa shape index (κ2) is 6.35. The lowest BCUT2D eigenvalue weighted by atomic mass is 10.2. The van der Waals surface area contributed by atoms with Crippen LogP contribution >= 0.6 is 0 Å². The van der Waals surface area contributed by atoms with Gasteiger partial charge in [0, 0.05) is 24.7 Å². The number of carbonyl (C=O) groups is 1. The van der Waals surface area contributed by atoms with Crippen LogP contribution in [-0.4, -0.2) is 30.4 Å². The van der Waals surface area contributed by atoms with Crippen molar-refractivity contribution in [2.45, 2.75) is 26.3 Å². The summed E-state index contributed by atoms with van der Waals surface area (Å²) < 4.78 is 12.9. The normalized spacial score (nSPS) is 11.0. The number of rotatable bonds is 5. The molecular formula is C13H20FN3O. The van der Waals surface area contributed by atoms with E-state index in [1.54, 1.807) is 0 Å². The summed E-state index contributed by atoms with van der Waals surface area (Å²) in [5, 5.41) is 2.69. The summed E-state index contributed by atoms with van der Waals surface area (Å²) in [7, 11) is 1.97. The van der Waals surface area contributed by atoms with Crippen LogP contribution in [0.1, 0.15) is 20.3 Å². The predicted octanol–water partition coefficient (Wildman–Crippen LogP) is 2.08. The van der Waals surface area contributed by atoms with Crippen LogP contribution in [0.15, 0.2) is 18.2 Å². The zero-order chi connectivity index (χ0) is 13.7. The maximum atomic E-state index is 12.9. The third-order valence-corrected chi connectivity index (χ3v) is 2.85. The number of nitrogen functional groups attached to an aromatic ring is 1. The van der Waals surface area contributed by atoms with Crippen LogP contribution in [0, 0.1) is 5.82 Å². The highest BCUT2D eigenvalue weighted by Gasteiger charge is 2.08. The third kappa shape index (κ3) is 4.33. The summed E-state index contributed by atoms with van der Waals surface area (Å²) in [6.07, 6.45) is 0.395. The maximum Gasteiger partial charge on any atom is 0.225 e. The molecule has 0 saturated heterocycles. The molecule has 4 nitrogen and oxygen atoms in total. The van der Waals surface area contributed by atoms with E-state index >= 15 is 0 Å². The quantitative estimate of drug-likeness (QED) is 0.790. The van der Waals surface area contributed by atoms with Crippen molar-refractivity contribution in [3.63, 3.8) is 0 Å². The Bertz CT molecular complexity index is 421. The lowest BCUT2D eigenvalue weighted by Crippen LogP contribution is -2.29. The second-order valence-electron chi connectivity index (χ2n) is 4.61. The van der Waals surface area contributed by atoms with Crippen molar-refractivity contribution < 1.29 is 9.18 Å². The number of amides is 1. The molecule has 0 saturated carbocycles. The van der Waals surface area contributed by atoms with Crippen molar-refractivity contribution in [3.8, 4) is 0 Å². The van der Waals surface area contributed by atoms with Crippen molar-refractivity contribution in [1.29, 1.82) is 0 Å². The number of anilines is 2. The fourth-order valence-corrected chi connectivity index (χ4v) is 1.38. The SMILES string of the molecule is CC(C)N(C)CCC(=O)Nc1ccc(F)c(N)c1. The molecule has 1 aromatic carbocycles. The van der Waals surface area contributed by atoms with E-state index in [9.17, 15) is 9.18 Å². The first kappa shape index (κ1) is 14.4. The second-order valence-corrected chi connectivity index (χ2v) is 4.61. The molecule has 18 heavy (non-hydrogen) atoms. The van der Waals surface area contributed by atoms with E-state index < -0.39 is 5.82 Å². The number of benzene rings is 1. The average molecular weight is 253 g/mol. The molecule has 1 amide bonds. The van der Waals surface area contributed by atoms with Crippen LogP contribution < -0.4 is 11.1 Å². The minimum Gasteiger partial charge on any atom is -0.396 e. The first-order chi connectivity index (χ1) is 8.40. The number of carbonyl (C=O) groups excluding carboxylic acids is 1. The van der Waals surface area contributed by atoms with Crippen LogP contribution in [-0.2, 0) is 4.79 Å². The van der Waals surface area contributed by atoms with Gasteiger partial charge in [-0.3, -0.25) is 4.79 Å². The molecule has 0 aliphatic rings. The molecule has 0 aromatic heterocycles. The summed E-state index contributed by atoms with van der Waals surface area (Å²) >= 11 is 0. The molecule has 0 unspecified atom stereocenters. The topological polar surface area (TPSA) is 58.4 Å². The molecule has 0 aliphatic heterocycles. The maximum absolute atomic E-state index is 12.9. The molecule has 0 spiro atoms. The van der Waals surface area contributed by atoms with Crippen molar-refractivity contribution >= 4 is 17.3 Å². The number of nitrogens with zero attached hydrogens (tertiary/aromatic N) is 1. The number of nitrogens with one attached hydrogen (secondary N) is 1. The van der Waals surface area contributed by atoms with Gasteiger partial charge in [0.2, 0.25) is 5.91 Å². The fourth-order valence-electron chi connectivity index (χ4n) is 1.38. The number of halogens is 1. The van der Waals surface area contributed by atoms with Gasteiger partial charge in [0.05, 0.1) is 5.69 Å². The molecule has 5 heteroatoms. The lowest BCUT2D eigenvalue weighted by Gasteiger charge is -2.20. The number of nitrogens with two attached hydrogens (primary N) is 1. The molecule has 0 bridgehead atoms. The van der Waals surface area contributed by atoms with Gasteiger partial charge >= 0.3 is 0 Å². The summed E-state index contributed by atoms with van der Waals surface area (Å²) in [5.41, 5.74) is 5.98. The Morgan fingerprint density at radius 2 is 2.17 bits per heavy atom. The van der Waals surface area contributed by atoms with Gasteiger partial charge in [-0.25, -0.2) is 4.39 Å². The molecular weight excluding hydrogens is 233 g/mol. The summed E-state index contributed by atoms with van der Waals surface area (Å²) in [6.45, 7) is 4.82. The van der Waals surface area contributed by atoms with Gasteiger partial charge < -0.3 is 16.0 Å². The lowest BCUT2D eigenvalue weighted by molar-refractivity contribution is -0.116. The van der Waals surface area contributed by atoms with Crippen LogP contribution in [0.4, 0.5) is 15.8 Å². The molecule has 0 atom stereocenters. The Morgan fingerprint density at radius 1 is 1.50 bits per heavy atom. The first-order valence-electron chi connectivity index (χ1n) is 5.95. The Hall–Kier alpha value is -1.62. The molecule has 0 heterocycles. The van der Waals surface area contributed by atoms with Gasteiger partial charge in [-0.05, 0) is 39.1 Å². The van der Waals surface area contributed by atoms with E-state index in [2.05, 4.69) is 24.1 Å². The summed E-state index contributed by atoms with van der Waals surface area (Å²) in [4.78, 5) is 13.7. The molecule has 3 N–H and O–H groups in total. The van der Waals surface area contributed by atoms with E-state index in [0.717, 1.165) is 0 Å². The van der Waals surface area contributed by atoms with Gasteiger partial charge in [-0.1, -0.05) is 0 Å². The van der Waals surface area contributed by atoms with E-state index in [1.165, 1.54) is 18.2 Å². The van der Waals surface area contributed by atoms with Crippen molar-refractivity contribution in [2.75, 3.05) is 24.6 Å². The zero-order valence-electron chi connectivity index (χ0n) is 11.0. The van der Waals surface area contributed by atoms with Gasteiger partial charge in [0.15, 0.2) is 0 Å². The smallest absolute Gasteiger partial charge is 0.225 e. The van der Waals surface area contributed by atoms with Gasteiger partial charge in [0.1, 0.15) is 5.82 Å². The monoisotopic (exact) mass is 253 g/mol. The predicted molar refractivity (Wildman–Crippen MR) is 71.8 cm³/mol. The average Bonchev–Trinajstić information content (AvgIpc) is 2.30. The van der Waals surface area contributed by atoms with E-state index in [-0.39, 0.29) is 11.6 Å². The molecule has 0 radical (unpaired) electrons. The largest absolute Gasteiger partial charge is 0.396 e. The Labute approximate surface area is 107 Å². The summed E-state index contributed by atoms with van der Waals surface area (Å²) in [5.74, 6) is -0.582. The molecule has 0 aliphatic carbocycles. The zero-order valence-corrected chi connectivity index (χ0v) is 11.0. The minimum absolute atomic E-state index is 0.0344. The highest BCUT2D eigenvalue weighted by Crippen LogP contribution is 2.16. The van der Waals surface area contributed by atoms with E-state index in [0.29, 0.717) is 24.7 Å². The Balaban J connectivity index is 2.47. The van der Waals surface area contributed by atoms with Crippen molar-refractivity contribution in [2.24, 2.45) is 0 Å². The molecule has 0 fully saturated rings. The van der Waals surface area contributed by atoms with Crippen LogP contribution in [0.2, 0.25) is 0 Å². The number of hydrogen-bond donors (Lipinski definition) is 2. The Kier molecular flexibility index (Phi) is 5.09. The van der Waals surface area contributed by atoms with Crippen molar-refractivity contribution in [3.05, 3.63) is 24.0 Å². The molecule has 1 aromatic rings. The van der Waals surface area contributed by atoms with Gasteiger partial charge in [0.25, 0.3) is 0 Å². The van der Waals surface area contributed by atoms with Gasteiger partial charge in [-0.15, -0.1) is 0 Å².